The lowest BCUT2D eigenvalue weighted by molar-refractivity contribution is 0.294. The smallest absolute Gasteiger partial charge is 0.265 e. The molecule has 4 rings (SSSR count). The second-order valence-electron chi connectivity index (χ2n) is 6.51. The molecular weight excluding hydrogens is 368 g/mol. The molecule has 0 radical (unpaired) electrons. The van der Waals surface area contributed by atoms with E-state index < -0.39 is 0 Å². The summed E-state index contributed by atoms with van der Waals surface area (Å²) >= 11 is 0. The minimum absolute atomic E-state index is 0.328. The fourth-order valence-electron chi connectivity index (χ4n) is 3.11. The zero-order chi connectivity index (χ0) is 20.2. The highest BCUT2D eigenvalue weighted by molar-refractivity contribution is 6.04. The molecule has 1 N–H and O–H groups in total. The molecule has 0 unspecified atom stereocenters. The molecule has 0 amide bonds. The second-order valence-corrected chi connectivity index (χ2v) is 6.51. The van der Waals surface area contributed by atoms with Crippen LogP contribution in [0, 0.1) is 0 Å². The number of para-hydroxylation sites is 1. The molecule has 29 heavy (non-hydrogen) atoms. The average Bonchev–Trinajstić information content (AvgIpc) is 3.04. The first-order valence-corrected chi connectivity index (χ1v) is 9.39. The maximum absolute atomic E-state index is 5.67. The highest BCUT2D eigenvalue weighted by atomic mass is 16.5. The van der Waals surface area contributed by atoms with Crippen LogP contribution in [-0.4, -0.2) is 39.7 Å². The van der Waals surface area contributed by atoms with Gasteiger partial charge in [0, 0.05) is 12.4 Å². The molecule has 0 bridgehead atoms. The molecule has 4 aromatic rings. The van der Waals surface area contributed by atoms with Crippen molar-refractivity contribution in [2.75, 3.05) is 19.1 Å². The van der Waals surface area contributed by atoms with Gasteiger partial charge in [-0.3, -0.25) is 0 Å². The number of ether oxygens (including phenoxy) is 2. The van der Waals surface area contributed by atoms with Crippen LogP contribution in [-0.2, 0) is 7.05 Å². The molecule has 0 aliphatic heterocycles. The van der Waals surface area contributed by atoms with E-state index in [0.29, 0.717) is 24.1 Å². The third kappa shape index (κ3) is 3.69. The Morgan fingerprint density at radius 2 is 2.00 bits per heavy atom. The monoisotopic (exact) mass is 390 g/mol. The van der Waals surface area contributed by atoms with Crippen molar-refractivity contribution in [3.05, 3.63) is 48.0 Å². The normalized spacial score (nSPS) is 11.4. The van der Waals surface area contributed by atoms with Crippen LogP contribution in [0.25, 0.3) is 22.1 Å². The first-order chi connectivity index (χ1) is 14.2. The summed E-state index contributed by atoms with van der Waals surface area (Å²) in [4.78, 5) is 4.54. The molecule has 2 aromatic carbocycles. The molecule has 0 aliphatic rings. The summed E-state index contributed by atoms with van der Waals surface area (Å²) < 4.78 is 13.1. The predicted octanol–water partition coefficient (Wildman–Crippen LogP) is 3.76. The van der Waals surface area contributed by atoms with Crippen molar-refractivity contribution in [3.63, 3.8) is 0 Å². The van der Waals surface area contributed by atoms with Crippen LogP contribution in [0.15, 0.2) is 47.6 Å². The number of aromatic nitrogens is 4. The van der Waals surface area contributed by atoms with E-state index in [1.165, 1.54) is 0 Å². The first-order valence-electron chi connectivity index (χ1n) is 9.39. The van der Waals surface area contributed by atoms with E-state index in [0.717, 1.165) is 34.1 Å². The summed E-state index contributed by atoms with van der Waals surface area (Å²) in [6.45, 7) is 2.71. The lowest BCUT2D eigenvalue weighted by Gasteiger charge is -2.10. The molecular formula is C21H22N6O2. The number of hydrazone groups is 1. The topological polar surface area (TPSA) is 86.5 Å². The minimum Gasteiger partial charge on any atom is -0.493 e. The Labute approximate surface area is 168 Å². The van der Waals surface area contributed by atoms with Crippen LogP contribution < -0.4 is 14.9 Å². The van der Waals surface area contributed by atoms with E-state index in [1.807, 2.05) is 54.1 Å². The van der Waals surface area contributed by atoms with Crippen molar-refractivity contribution in [1.82, 2.24) is 19.7 Å². The van der Waals surface area contributed by atoms with Gasteiger partial charge in [-0.2, -0.15) is 10.1 Å². The summed E-state index contributed by atoms with van der Waals surface area (Å²) in [5.41, 5.74) is 6.28. The Kier molecular flexibility index (Phi) is 5.24. The molecule has 148 valence electrons. The predicted molar refractivity (Wildman–Crippen MR) is 114 cm³/mol. The van der Waals surface area contributed by atoms with E-state index >= 15 is 0 Å². The number of anilines is 1. The van der Waals surface area contributed by atoms with E-state index in [4.69, 9.17) is 9.47 Å². The fraction of sp³-hybridized carbons (Fsp3) is 0.238. The van der Waals surface area contributed by atoms with Crippen molar-refractivity contribution >= 4 is 34.2 Å². The van der Waals surface area contributed by atoms with Crippen molar-refractivity contribution in [1.29, 1.82) is 0 Å². The zero-order valence-electron chi connectivity index (χ0n) is 16.6. The van der Waals surface area contributed by atoms with E-state index in [9.17, 15) is 0 Å². The van der Waals surface area contributed by atoms with Crippen molar-refractivity contribution in [2.45, 2.75) is 13.3 Å². The lowest BCUT2D eigenvalue weighted by atomic mass is 10.2. The summed E-state index contributed by atoms with van der Waals surface area (Å²) in [6, 6.07) is 13.7. The molecule has 0 atom stereocenters. The molecule has 8 heteroatoms. The van der Waals surface area contributed by atoms with Crippen molar-refractivity contribution in [3.8, 4) is 11.5 Å². The summed E-state index contributed by atoms with van der Waals surface area (Å²) in [6.07, 6.45) is 2.60. The first kappa shape index (κ1) is 18.7. The van der Waals surface area contributed by atoms with Gasteiger partial charge in [0.15, 0.2) is 17.1 Å². The Bertz CT molecular complexity index is 1180. The van der Waals surface area contributed by atoms with Crippen LogP contribution in [0.5, 0.6) is 11.5 Å². The molecule has 2 heterocycles. The summed E-state index contributed by atoms with van der Waals surface area (Å²) in [5, 5.41) is 13.7. The van der Waals surface area contributed by atoms with Gasteiger partial charge in [-0.25, -0.2) is 5.43 Å². The molecule has 0 saturated heterocycles. The molecule has 0 aliphatic carbocycles. The van der Waals surface area contributed by atoms with E-state index in [-0.39, 0.29) is 0 Å². The number of nitrogens with zero attached hydrogens (tertiary/aromatic N) is 5. The highest BCUT2D eigenvalue weighted by Gasteiger charge is 2.11. The third-order valence-electron chi connectivity index (χ3n) is 4.53. The molecule has 0 saturated carbocycles. The largest absolute Gasteiger partial charge is 0.493 e. The maximum Gasteiger partial charge on any atom is 0.265 e. The van der Waals surface area contributed by atoms with Crippen LogP contribution in [0.2, 0.25) is 0 Å². The van der Waals surface area contributed by atoms with Gasteiger partial charge in [-0.15, -0.1) is 10.2 Å². The number of fused-ring (bicyclic) bond motifs is 3. The number of rotatable bonds is 7. The molecule has 2 aromatic heterocycles. The number of aryl methyl sites for hydroxylation is 1. The lowest BCUT2D eigenvalue weighted by Crippen LogP contribution is -2.01. The standard InChI is InChI=1S/C21H22N6O2/c1-4-11-29-17-10-9-14(12-18(17)28-3)13-22-25-21-23-20-19(24-26-21)15-7-5-6-8-16(15)27(20)2/h5-10,12-13H,4,11H2,1-3H3,(H,23,25,26)/b22-13+. The van der Waals surface area contributed by atoms with E-state index in [1.54, 1.807) is 13.3 Å². The number of hydrogen-bond acceptors (Lipinski definition) is 7. The zero-order valence-corrected chi connectivity index (χ0v) is 16.6. The number of methoxy groups -OCH3 is 1. The van der Waals surface area contributed by atoms with Gasteiger partial charge in [0.1, 0.15) is 5.52 Å². The van der Waals surface area contributed by atoms with Crippen LogP contribution in [0.4, 0.5) is 5.95 Å². The Balaban J connectivity index is 1.54. The Morgan fingerprint density at radius 3 is 2.83 bits per heavy atom. The van der Waals surface area contributed by atoms with Gasteiger partial charge in [0.25, 0.3) is 5.95 Å². The van der Waals surface area contributed by atoms with Crippen LogP contribution in [0.3, 0.4) is 0 Å². The SMILES string of the molecule is CCCOc1ccc(/C=N/Nc2nnc3c4ccccc4n(C)c3n2)cc1OC. The minimum atomic E-state index is 0.328. The second kappa shape index (κ2) is 8.14. The van der Waals surface area contributed by atoms with Gasteiger partial charge < -0.3 is 14.0 Å². The third-order valence-corrected chi connectivity index (χ3v) is 4.53. The summed E-state index contributed by atoms with van der Waals surface area (Å²) in [5.74, 6) is 1.71. The number of benzene rings is 2. The van der Waals surface area contributed by atoms with Gasteiger partial charge in [-0.05, 0) is 36.2 Å². The average molecular weight is 390 g/mol. The quantitative estimate of drug-likeness (QED) is 0.382. The van der Waals surface area contributed by atoms with Crippen molar-refractivity contribution < 1.29 is 9.47 Å². The maximum atomic E-state index is 5.67. The van der Waals surface area contributed by atoms with Gasteiger partial charge in [0.05, 0.1) is 25.4 Å². The van der Waals surface area contributed by atoms with Crippen LogP contribution >= 0.6 is 0 Å². The Morgan fingerprint density at radius 1 is 1.14 bits per heavy atom. The molecule has 0 spiro atoms. The number of hydrogen-bond donors (Lipinski definition) is 1. The van der Waals surface area contributed by atoms with Gasteiger partial charge in [0.2, 0.25) is 0 Å². The summed E-state index contributed by atoms with van der Waals surface area (Å²) in [7, 11) is 3.58. The van der Waals surface area contributed by atoms with Crippen molar-refractivity contribution in [2.24, 2.45) is 12.1 Å². The fourth-order valence-corrected chi connectivity index (χ4v) is 3.11. The highest BCUT2D eigenvalue weighted by Crippen LogP contribution is 2.28. The van der Waals surface area contributed by atoms with Gasteiger partial charge >= 0.3 is 0 Å². The molecule has 0 fully saturated rings. The van der Waals surface area contributed by atoms with Crippen LogP contribution in [0.1, 0.15) is 18.9 Å². The Hall–Kier alpha value is -3.68. The van der Waals surface area contributed by atoms with Gasteiger partial charge in [-0.1, -0.05) is 25.1 Å². The number of nitrogens with one attached hydrogen (secondary N) is 1. The molecule has 8 nitrogen and oxygen atoms in total. The van der Waals surface area contributed by atoms with E-state index in [2.05, 4.69) is 32.6 Å².